The lowest BCUT2D eigenvalue weighted by atomic mass is 10.1. The van der Waals surface area contributed by atoms with Crippen LogP contribution in [0.1, 0.15) is 0 Å². The Balaban J connectivity index is 1.38. The lowest BCUT2D eigenvalue weighted by Gasteiger charge is -2.10. The molecule has 8 heteroatoms. The summed E-state index contributed by atoms with van der Waals surface area (Å²) in [7, 11) is 0. The van der Waals surface area contributed by atoms with E-state index in [9.17, 15) is 0 Å². The highest BCUT2D eigenvalue weighted by Gasteiger charge is 2.15. The summed E-state index contributed by atoms with van der Waals surface area (Å²) in [6.45, 7) is 0. The van der Waals surface area contributed by atoms with Gasteiger partial charge in [-0.1, -0.05) is 36.4 Å². The molecule has 0 aliphatic carbocycles. The van der Waals surface area contributed by atoms with E-state index in [4.69, 9.17) is 24.9 Å². The summed E-state index contributed by atoms with van der Waals surface area (Å²) < 4.78 is 0. The molecule has 42 heavy (non-hydrogen) atoms. The Hall–Kier alpha value is -6.02. The van der Waals surface area contributed by atoms with Gasteiger partial charge in [-0.3, -0.25) is 15.0 Å². The fraction of sp³-hybridized carbons (Fsp3) is 0. The maximum absolute atomic E-state index is 4.93. The second-order valence-corrected chi connectivity index (χ2v) is 9.33. The van der Waals surface area contributed by atoms with Crippen LogP contribution in [-0.2, 0) is 0 Å². The lowest BCUT2D eigenvalue weighted by Crippen LogP contribution is -2.00. The number of nitrogens with zero attached hydrogens (tertiary/aromatic N) is 8. The Kier molecular flexibility index (Phi) is 6.68. The van der Waals surface area contributed by atoms with Gasteiger partial charge in [-0.2, -0.15) is 0 Å². The number of hydrogen-bond acceptors (Lipinski definition) is 8. The van der Waals surface area contributed by atoms with Gasteiger partial charge in [0.05, 0.1) is 56.9 Å². The van der Waals surface area contributed by atoms with Crippen molar-refractivity contribution >= 4 is 0 Å². The van der Waals surface area contributed by atoms with Crippen molar-refractivity contribution < 1.29 is 0 Å². The van der Waals surface area contributed by atoms with Crippen molar-refractivity contribution in [1.82, 2.24) is 39.9 Å². The summed E-state index contributed by atoms with van der Waals surface area (Å²) in [4.78, 5) is 37.9. The molecular weight excluding hydrogens is 520 g/mol. The first-order valence-electron chi connectivity index (χ1n) is 13.4. The normalized spacial score (nSPS) is 10.9. The molecule has 0 radical (unpaired) electrons. The zero-order valence-corrected chi connectivity index (χ0v) is 22.3. The Morgan fingerprint density at radius 3 is 0.976 bits per heavy atom. The van der Waals surface area contributed by atoms with Gasteiger partial charge in [0.15, 0.2) is 5.82 Å². The van der Waals surface area contributed by atoms with Gasteiger partial charge >= 0.3 is 0 Å². The van der Waals surface area contributed by atoms with Crippen LogP contribution in [0.2, 0.25) is 0 Å². The quantitative estimate of drug-likeness (QED) is 0.225. The maximum Gasteiger partial charge on any atom is 0.179 e. The molecule has 7 aromatic heterocycles. The van der Waals surface area contributed by atoms with Crippen LogP contribution in [0.3, 0.4) is 0 Å². The van der Waals surface area contributed by atoms with Gasteiger partial charge in [0.2, 0.25) is 0 Å². The van der Waals surface area contributed by atoms with Crippen LogP contribution in [0.25, 0.3) is 68.5 Å². The van der Waals surface area contributed by atoms with E-state index in [-0.39, 0.29) is 0 Å². The van der Waals surface area contributed by atoms with Gasteiger partial charge in [0.1, 0.15) is 5.69 Å². The minimum Gasteiger partial charge on any atom is -0.255 e. The van der Waals surface area contributed by atoms with Crippen LogP contribution < -0.4 is 0 Å². The zero-order valence-electron chi connectivity index (χ0n) is 22.3. The van der Waals surface area contributed by atoms with Gasteiger partial charge in [0.25, 0.3) is 0 Å². The average Bonchev–Trinajstić information content (AvgIpc) is 3.09. The predicted molar refractivity (Wildman–Crippen MR) is 161 cm³/mol. The number of rotatable bonds is 6. The molecular formula is C34H22N8. The third kappa shape index (κ3) is 5.24. The first-order chi connectivity index (χ1) is 20.8. The number of hydrogen-bond donors (Lipinski definition) is 0. The van der Waals surface area contributed by atoms with Gasteiger partial charge in [-0.15, -0.1) is 0 Å². The van der Waals surface area contributed by atoms with Gasteiger partial charge in [0, 0.05) is 18.6 Å². The van der Waals surface area contributed by atoms with Crippen LogP contribution in [0, 0.1) is 0 Å². The minimum absolute atomic E-state index is 0.454. The largest absolute Gasteiger partial charge is 0.255 e. The molecule has 0 atom stereocenters. The van der Waals surface area contributed by atoms with Crippen LogP contribution in [0.4, 0.5) is 0 Å². The molecule has 0 aliphatic heterocycles. The molecule has 0 saturated carbocycles. The van der Waals surface area contributed by atoms with Crippen molar-refractivity contribution in [2.45, 2.75) is 0 Å². The molecule has 0 aliphatic rings. The van der Waals surface area contributed by atoms with E-state index in [1.807, 2.05) is 115 Å². The summed E-state index contributed by atoms with van der Waals surface area (Å²) in [5, 5.41) is 0. The molecule has 0 spiro atoms. The summed E-state index contributed by atoms with van der Waals surface area (Å²) in [6.07, 6.45) is 5.26. The van der Waals surface area contributed by atoms with Crippen molar-refractivity contribution in [1.29, 1.82) is 0 Å². The minimum atomic E-state index is 0.454. The Morgan fingerprint density at radius 2 is 0.595 bits per heavy atom. The smallest absolute Gasteiger partial charge is 0.179 e. The molecule has 8 nitrogen and oxygen atoms in total. The highest BCUT2D eigenvalue weighted by molar-refractivity contribution is 5.71. The Morgan fingerprint density at radius 1 is 0.262 bits per heavy atom. The third-order valence-corrected chi connectivity index (χ3v) is 6.51. The maximum atomic E-state index is 4.93. The van der Waals surface area contributed by atoms with E-state index in [1.54, 1.807) is 18.6 Å². The van der Waals surface area contributed by atoms with Gasteiger partial charge in [-0.05, 0) is 78.9 Å². The highest BCUT2D eigenvalue weighted by Crippen LogP contribution is 2.28. The van der Waals surface area contributed by atoms with Gasteiger partial charge < -0.3 is 0 Å². The number of aromatic nitrogens is 8. The first-order valence-corrected chi connectivity index (χ1v) is 13.4. The summed E-state index contributed by atoms with van der Waals surface area (Å²) >= 11 is 0. The van der Waals surface area contributed by atoms with E-state index in [0.717, 1.165) is 34.2 Å². The van der Waals surface area contributed by atoms with Crippen molar-refractivity contribution in [3.63, 3.8) is 0 Å². The molecule has 0 saturated heterocycles. The fourth-order valence-electron chi connectivity index (χ4n) is 4.51. The van der Waals surface area contributed by atoms with E-state index >= 15 is 0 Å². The van der Waals surface area contributed by atoms with Crippen molar-refractivity contribution in [2.75, 3.05) is 0 Å². The molecule has 0 amide bonds. The van der Waals surface area contributed by atoms with Crippen molar-refractivity contribution in [2.24, 2.45) is 0 Å². The van der Waals surface area contributed by atoms with E-state index < -0.39 is 0 Å². The summed E-state index contributed by atoms with van der Waals surface area (Å²) in [6, 6.07) is 36.5. The van der Waals surface area contributed by atoms with Crippen LogP contribution in [0.5, 0.6) is 0 Å². The molecule has 0 fully saturated rings. The zero-order chi connectivity index (χ0) is 28.1. The summed E-state index contributed by atoms with van der Waals surface area (Å²) in [5.74, 6) is 0.454. The molecule has 0 aromatic carbocycles. The lowest BCUT2D eigenvalue weighted by molar-refractivity contribution is 1.12. The van der Waals surface area contributed by atoms with Crippen LogP contribution in [0.15, 0.2) is 134 Å². The van der Waals surface area contributed by atoms with E-state index in [1.165, 1.54) is 0 Å². The van der Waals surface area contributed by atoms with E-state index in [0.29, 0.717) is 34.3 Å². The number of pyridine rings is 6. The molecule has 0 bridgehead atoms. The van der Waals surface area contributed by atoms with Crippen molar-refractivity contribution in [3.05, 3.63) is 134 Å². The van der Waals surface area contributed by atoms with Gasteiger partial charge in [-0.25, -0.2) is 24.9 Å². The highest BCUT2D eigenvalue weighted by atomic mass is 15.0. The Labute approximate surface area is 242 Å². The standard InChI is InChI=1S/C34H22N8/c1-4-19-35-23(10-1)26-13-7-16-29(38-26)32-22-33(30-17-8-14-27(39-30)24-11-2-5-20-36-24)42-34(41-32)31-18-9-15-28(40-31)25-12-3-6-21-37-25/h1-22H. The van der Waals surface area contributed by atoms with Crippen LogP contribution >= 0.6 is 0 Å². The molecule has 198 valence electrons. The average molecular weight is 543 g/mol. The topological polar surface area (TPSA) is 103 Å². The second-order valence-electron chi connectivity index (χ2n) is 9.33. The van der Waals surface area contributed by atoms with E-state index in [2.05, 4.69) is 15.0 Å². The second kappa shape index (κ2) is 11.2. The molecule has 0 N–H and O–H groups in total. The third-order valence-electron chi connectivity index (χ3n) is 6.51. The molecule has 0 unspecified atom stereocenters. The molecule has 7 rings (SSSR count). The molecule has 7 aromatic rings. The van der Waals surface area contributed by atoms with Crippen molar-refractivity contribution in [3.8, 4) is 68.5 Å². The van der Waals surface area contributed by atoms with Crippen LogP contribution in [-0.4, -0.2) is 39.9 Å². The SMILES string of the molecule is c1ccc(-c2cccc(-c3cc(-c4cccc(-c5ccccn5)n4)nc(-c4cccc(-c5ccccn5)n4)n3)n2)nc1. The Bertz CT molecular complexity index is 1740. The fourth-order valence-corrected chi connectivity index (χ4v) is 4.51. The molecule has 7 heterocycles. The monoisotopic (exact) mass is 542 g/mol. The predicted octanol–water partition coefficient (Wildman–Crippen LogP) is 6.85. The first kappa shape index (κ1) is 25.0. The summed E-state index contributed by atoms with van der Waals surface area (Å²) in [5.41, 5.74) is 7.83.